The van der Waals surface area contributed by atoms with Gasteiger partial charge in [-0.3, -0.25) is 38.6 Å². The molecule has 2 aliphatic rings. The van der Waals surface area contributed by atoms with E-state index >= 15 is 0 Å². The van der Waals surface area contributed by atoms with Crippen molar-refractivity contribution in [3.8, 4) is 0 Å². The van der Waals surface area contributed by atoms with E-state index in [-0.39, 0.29) is 115 Å². The zero-order valence-corrected chi connectivity index (χ0v) is 45.6. The smallest absolute Gasteiger partial charge is 0.410 e. The monoisotopic (exact) mass is 1020 g/mol. The van der Waals surface area contributed by atoms with Gasteiger partial charge in [0.05, 0.1) is 51.9 Å². The molecule has 2 heterocycles. The van der Waals surface area contributed by atoms with Crippen molar-refractivity contribution in [1.82, 2.24) is 9.80 Å². The van der Waals surface area contributed by atoms with Crippen LogP contribution in [0.5, 0.6) is 0 Å². The fourth-order valence-corrected chi connectivity index (χ4v) is 8.88. The lowest BCUT2D eigenvalue weighted by Crippen LogP contribution is -2.52. The second-order valence-corrected chi connectivity index (χ2v) is 20.5. The normalized spacial score (nSPS) is 15.8. The first kappa shape index (κ1) is 64.2. The fourth-order valence-electron chi connectivity index (χ4n) is 8.88. The Morgan fingerprint density at radius 2 is 0.750 bits per heavy atom. The van der Waals surface area contributed by atoms with E-state index in [1.165, 1.54) is 4.90 Å². The number of ether oxygens (including phenoxy) is 7. The number of nitrogens with zero attached hydrogens (tertiary/aromatic N) is 2. The Morgan fingerprint density at radius 3 is 1.11 bits per heavy atom. The Kier molecular flexibility index (Phi) is 36.9. The maximum atomic E-state index is 13.6. The van der Waals surface area contributed by atoms with Gasteiger partial charge in [0.2, 0.25) is 0 Å². The van der Waals surface area contributed by atoms with Gasteiger partial charge in [-0.1, -0.05) is 156 Å². The Bertz CT molecular complexity index is 1440. The first-order valence-corrected chi connectivity index (χ1v) is 28.5. The van der Waals surface area contributed by atoms with Crippen LogP contribution in [-0.2, 0) is 61.9 Å². The molecule has 2 atom stereocenters. The molecule has 2 rings (SSSR count). The van der Waals surface area contributed by atoms with E-state index in [1.54, 1.807) is 0 Å². The van der Waals surface area contributed by atoms with Crippen molar-refractivity contribution in [3.05, 3.63) is 0 Å². The number of likely N-dealkylation sites (N-methyl/N-ethyl adjacent to an activating group) is 1. The predicted octanol–water partition coefficient (Wildman–Crippen LogP) is 11.2. The maximum Gasteiger partial charge on any atom is 0.410 e. The molecule has 1 amide bonds. The summed E-state index contributed by atoms with van der Waals surface area (Å²) in [4.78, 5) is 94.8. The van der Waals surface area contributed by atoms with Crippen LogP contribution in [0.25, 0.3) is 0 Å². The van der Waals surface area contributed by atoms with Crippen LogP contribution in [0.2, 0.25) is 0 Å². The zero-order valence-electron chi connectivity index (χ0n) is 45.6. The van der Waals surface area contributed by atoms with E-state index in [9.17, 15) is 33.6 Å². The lowest BCUT2D eigenvalue weighted by atomic mass is 10.1. The van der Waals surface area contributed by atoms with Crippen LogP contribution >= 0.6 is 0 Å². The number of hydrogen-bond donors (Lipinski definition) is 0. The summed E-state index contributed by atoms with van der Waals surface area (Å²) in [5.41, 5.74) is 0. The van der Waals surface area contributed by atoms with Crippen molar-refractivity contribution < 1.29 is 66.7 Å². The molecule has 0 aromatic rings. The van der Waals surface area contributed by atoms with Crippen molar-refractivity contribution >= 4 is 41.9 Å². The average molecular weight is 1020 g/mol. The molecular weight excluding hydrogens is 925 g/mol. The molecule has 0 aromatic heterocycles. The molecular formula is C56H98N2O14. The summed E-state index contributed by atoms with van der Waals surface area (Å²) in [6.45, 7) is 9.03. The molecule has 0 spiro atoms. The first-order valence-electron chi connectivity index (χ1n) is 28.5. The molecule has 16 heteroatoms. The number of amides is 1. The first-order chi connectivity index (χ1) is 34.9. The predicted molar refractivity (Wildman–Crippen MR) is 276 cm³/mol. The lowest BCUT2D eigenvalue weighted by Gasteiger charge is -2.36. The number of likely N-dealkylation sites (tertiary alicyclic amines) is 2. The third kappa shape index (κ3) is 32.3. The zero-order chi connectivity index (χ0) is 52.6. The second kappa shape index (κ2) is 41.4. The molecule has 2 aliphatic heterocycles. The van der Waals surface area contributed by atoms with Crippen LogP contribution in [0, 0.1) is 11.8 Å². The Labute approximate surface area is 433 Å². The molecule has 72 heavy (non-hydrogen) atoms. The third-order valence-electron chi connectivity index (χ3n) is 13.4. The van der Waals surface area contributed by atoms with E-state index in [4.69, 9.17) is 33.2 Å². The SMILES string of the molecule is CCCCCCCCC(=O)OCC(COC(=O)CCCCCCCC)CC(=O)OC[C@@H]1C[C@@H](OC(=O)CC(COC(=O)CCCCCCCC)COC(=O)CCCCCCCC)CN1C(=O)OC1CN(C)C1. The van der Waals surface area contributed by atoms with Gasteiger partial charge in [-0.15, -0.1) is 0 Å². The van der Waals surface area contributed by atoms with Crippen molar-refractivity contribution in [3.63, 3.8) is 0 Å². The molecule has 2 saturated heterocycles. The van der Waals surface area contributed by atoms with Crippen LogP contribution in [0.1, 0.15) is 227 Å². The van der Waals surface area contributed by atoms with Crippen molar-refractivity contribution in [2.45, 2.75) is 245 Å². The van der Waals surface area contributed by atoms with Crippen LogP contribution in [0.15, 0.2) is 0 Å². The van der Waals surface area contributed by atoms with Gasteiger partial charge in [0, 0.05) is 57.0 Å². The molecule has 0 aromatic carbocycles. The fraction of sp³-hybridized carbons (Fsp3) is 0.875. The standard InChI is InChI=1S/C56H98N2O14/c1-6-10-14-18-22-26-30-50(59)66-40-45(41-67-51(60)31-27-23-19-15-11-7-2)34-54(63)70-44-47-36-48(39-58(47)56(65)72-49-37-57(5)38-49)71-55(64)35-46(42-68-52(61)32-28-24-20-16-12-8-3)43-69-53(62)33-29-25-21-17-13-9-4/h45-49H,6-44H2,1-5H3/t47-,48+/m0/s1. The molecule has 0 aliphatic carbocycles. The van der Waals surface area contributed by atoms with Crippen LogP contribution < -0.4 is 0 Å². The summed E-state index contributed by atoms with van der Waals surface area (Å²) in [6, 6.07) is -0.692. The highest BCUT2D eigenvalue weighted by Gasteiger charge is 2.41. The van der Waals surface area contributed by atoms with Crippen molar-refractivity contribution in [2.24, 2.45) is 11.8 Å². The number of rotatable bonds is 44. The van der Waals surface area contributed by atoms with E-state index in [2.05, 4.69) is 27.7 Å². The number of hydrogen-bond acceptors (Lipinski definition) is 15. The van der Waals surface area contributed by atoms with Gasteiger partial charge >= 0.3 is 41.9 Å². The summed E-state index contributed by atoms with van der Waals surface area (Å²) >= 11 is 0. The molecule has 2 fully saturated rings. The minimum absolute atomic E-state index is 0.00770. The Balaban J connectivity index is 2.07. The summed E-state index contributed by atoms with van der Waals surface area (Å²) in [6.07, 6.45) is 23.6. The van der Waals surface area contributed by atoms with Gasteiger partial charge in [-0.2, -0.15) is 0 Å². The van der Waals surface area contributed by atoms with E-state index in [0.717, 1.165) is 128 Å². The van der Waals surface area contributed by atoms with Gasteiger partial charge < -0.3 is 33.2 Å². The molecule has 16 nitrogen and oxygen atoms in total. The molecule has 0 N–H and O–H groups in total. The van der Waals surface area contributed by atoms with E-state index in [0.29, 0.717) is 38.8 Å². The second-order valence-electron chi connectivity index (χ2n) is 20.5. The summed E-state index contributed by atoms with van der Waals surface area (Å²) in [5, 5.41) is 0. The maximum absolute atomic E-state index is 13.6. The third-order valence-corrected chi connectivity index (χ3v) is 13.4. The van der Waals surface area contributed by atoms with Crippen LogP contribution in [0.4, 0.5) is 4.79 Å². The van der Waals surface area contributed by atoms with Crippen LogP contribution in [-0.4, -0.2) is 130 Å². The van der Waals surface area contributed by atoms with Gasteiger partial charge in [-0.05, 0) is 32.7 Å². The van der Waals surface area contributed by atoms with Crippen molar-refractivity contribution in [2.75, 3.05) is 59.7 Å². The van der Waals surface area contributed by atoms with E-state index in [1.807, 2.05) is 11.9 Å². The Hall–Kier alpha value is -3.95. The molecule has 0 saturated carbocycles. The summed E-state index contributed by atoms with van der Waals surface area (Å²) < 4.78 is 39.7. The molecule has 0 unspecified atom stereocenters. The number of unbranched alkanes of at least 4 members (excludes halogenated alkanes) is 20. The average Bonchev–Trinajstić information content (AvgIpc) is 3.76. The quantitative estimate of drug-likeness (QED) is 0.0318. The lowest BCUT2D eigenvalue weighted by molar-refractivity contribution is -0.157. The number of carbonyl (C=O) groups excluding carboxylic acids is 7. The minimum Gasteiger partial charge on any atom is -0.465 e. The highest BCUT2D eigenvalue weighted by Crippen LogP contribution is 2.25. The highest BCUT2D eigenvalue weighted by atomic mass is 16.6. The Morgan fingerprint density at radius 1 is 0.403 bits per heavy atom. The molecule has 0 radical (unpaired) electrons. The highest BCUT2D eigenvalue weighted by molar-refractivity contribution is 5.73. The largest absolute Gasteiger partial charge is 0.465 e. The van der Waals surface area contributed by atoms with Gasteiger partial charge in [0.15, 0.2) is 0 Å². The number of carbonyl (C=O) groups is 7. The summed E-state index contributed by atoms with van der Waals surface area (Å²) in [5.74, 6) is -4.03. The minimum atomic E-state index is -0.770. The molecule has 0 bridgehead atoms. The number of esters is 6. The van der Waals surface area contributed by atoms with Gasteiger partial charge in [-0.25, -0.2) is 4.79 Å². The van der Waals surface area contributed by atoms with Crippen LogP contribution in [0.3, 0.4) is 0 Å². The van der Waals surface area contributed by atoms with E-state index < -0.39 is 42.0 Å². The summed E-state index contributed by atoms with van der Waals surface area (Å²) in [7, 11) is 1.92. The van der Waals surface area contributed by atoms with Crippen molar-refractivity contribution in [1.29, 1.82) is 0 Å². The topological polar surface area (TPSA) is 191 Å². The van der Waals surface area contributed by atoms with Gasteiger partial charge in [0.1, 0.15) is 18.8 Å². The van der Waals surface area contributed by atoms with Gasteiger partial charge in [0.25, 0.3) is 0 Å². The molecule has 416 valence electrons.